The van der Waals surface area contributed by atoms with Gasteiger partial charge in [-0.25, -0.2) is 5.43 Å². The highest BCUT2D eigenvalue weighted by molar-refractivity contribution is 14.1. The van der Waals surface area contributed by atoms with Crippen molar-refractivity contribution in [2.45, 2.75) is 39.0 Å². The van der Waals surface area contributed by atoms with E-state index in [0.29, 0.717) is 12.0 Å². The van der Waals surface area contributed by atoms with Crippen LogP contribution in [0.15, 0.2) is 17.2 Å². The predicted molar refractivity (Wildman–Crippen MR) is 98.0 cm³/mol. The van der Waals surface area contributed by atoms with E-state index in [-0.39, 0.29) is 11.7 Å². The van der Waals surface area contributed by atoms with Gasteiger partial charge < -0.3 is 5.11 Å². The molecular formula is C14H18I2N2O2. The van der Waals surface area contributed by atoms with E-state index in [2.05, 4.69) is 62.6 Å². The number of rotatable bonds is 7. The Balaban J connectivity index is 2.47. The van der Waals surface area contributed by atoms with E-state index in [1.165, 1.54) is 6.21 Å². The number of carbonyl (C=O) groups excluding carboxylic acids is 1. The molecule has 0 aliphatic rings. The van der Waals surface area contributed by atoms with Crippen molar-refractivity contribution in [2.75, 3.05) is 0 Å². The standard InChI is InChI=1S/C14H18I2N2O2/c1-2-3-4-5-6-13(19)18-17-9-10-7-11(15)8-12(16)14(10)20/h7-9,20H,2-6H2,1H3,(H,18,19)/b17-9-. The Kier molecular flexibility index (Phi) is 8.43. The van der Waals surface area contributed by atoms with Crippen molar-refractivity contribution in [2.24, 2.45) is 5.10 Å². The second-order valence-electron chi connectivity index (χ2n) is 4.43. The molecule has 0 aromatic heterocycles. The molecule has 2 N–H and O–H groups in total. The SMILES string of the molecule is CCCCCCC(=O)N/N=C\c1cc(I)cc(I)c1O. The molecule has 0 atom stereocenters. The second-order valence-corrected chi connectivity index (χ2v) is 6.84. The summed E-state index contributed by atoms with van der Waals surface area (Å²) in [6, 6.07) is 3.69. The molecule has 1 aromatic rings. The first-order valence-corrected chi connectivity index (χ1v) is 8.70. The molecule has 0 radical (unpaired) electrons. The molecule has 20 heavy (non-hydrogen) atoms. The van der Waals surface area contributed by atoms with Gasteiger partial charge in [0.15, 0.2) is 0 Å². The van der Waals surface area contributed by atoms with Crippen LogP contribution in [0.5, 0.6) is 5.75 Å². The van der Waals surface area contributed by atoms with E-state index in [0.717, 1.165) is 32.8 Å². The van der Waals surface area contributed by atoms with Gasteiger partial charge in [-0.2, -0.15) is 5.10 Å². The van der Waals surface area contributed by atoms with Gasteiger partial charge in [0.05, 0.1) is 9.78 Å². The fraction of sp³-hybridized carbons (Fsp3) is 0.429. The molecule has 0 fully saturated rings. The molecule has 0 saturated heterocycles. The molecule has 0 saturated carbocycles. The summed E-state index contributed by atoms with van der Waals surface area (Å²) in [5.74, 6) is 0.101. The van der Waals surface area contributed by atoms with Crippen LogP contribution in [0.4, 0.5) is 0 Å². The van der Waals surface area contributed by atoms with E-state index in [9.17, 15) is 9.90 Å². The third kappa shape index (κ3) is 6.38. The lowest BCUT2D eigenvalue weighted by Gasteiger charge is -2.03. The molecule has 4 nitrogen and oxygen atoms in total. The molecule has 6 heteroatoms. The molecule has 1 amide bonds. The Labute approximate surface area is 146 Å². The van der Waals surface area contributed by atoms with Gasteiger partial charge in [-0.05, 0) is 63.7 Å². The van der Waals surface area contributed by atoms with Crippen LogP contribution in [0.3, 0.4) is 0 Å². The van der Waals surface area contributed by atoms with Crippen molar-refractivity contribution in [3.63, 3.8) is 0 Å². The van der Waals surface area contributed by atoms with Gasteiger partial charge in [-0.1, -0.05) is 26.2 Å². The molecule has 110 valence electrons. The molecule has 1 aromatic carbocycles. The number of carbonyl (C=O) groups is 1. The summed E-state index contributed by atoms with van der Waals surface area (Å²) >= 11 is 4.24. The van der Waals surface area contributed by atoms with E-state index in [1.807, 2.05) is 12.1 Å². The second kappa shape index (κ2) is 9.54. The molecule has 0 aliphatic heterocycles. The van der Waals surface area contributed by atoms with Crippen LogP contribution in [0, 0.1) is 7.14 Å². The normalized spacial score (nSPS) is 10.9. The zero-order chi connectivity index (χ0) is 15.0. The zero-order valence-corrected chi connectivity index (χ0v) is 15.6. The first kappa shape index (κ1) is 17.7. The number of nitrogens with one attached hydrogen (secondary N) is 1. The maximum absolute atomic E-state index is 11.5. The van der Waals surface area contributed by atoms with Crippen molar-refractivity contribution in [1.82, 2.24) is 5.43 Å². The third-order valence-electron chi connectivity index (χ3n) is 2.71. The lowest BCUT2D eigenvalue weighted by molar-refractivity contribution is -0.121. The number of hydrogen-bond donors (Lipinski definition) is 2. The molecule has 0 aliphatic carbocycles. The Morgan fingerprint density at radius 3 is 2.80 bits per heavy atom. The number of halogens is 2. The first-order chi connectivity index (χ1) is 9.54. The molecule has 0 spiro atoms. The summed E-state index contributed by atoms with van der Waals surface area (Å²) in [7, 11) is 0. The van der Waals surface area contributed by atoms with Crippen molar-refractivity contribution in [3.05, 3.63) is 24.8 Å². The molecular weight excluding hydrogens is 482 g/mol. The van der Waals surface area contributed by atoms with Gasteiger partial charge in [0.25, 0.3) is 0 Å². The largest absolute Gasteiger partial charge is 0.506 e. The fourth-order valence-corrected chi connectivity index (χ4v) is 3.52. The number of phenolic OH excluding ortho intramolecular Hbond substituents is 1. The molecule has 0 heterocycles. The monoisotopic (exact) mass is 500 g/mol. The van der Waals surface area contributed by atoms with Crippen LogP contribution in [-0.2, 0) is 4.79 Å². The number of hydrazone groups is 1. The minimum Gasteiger partial charge on any atom is -0.506 e. The van der Waals surface area contributed by atoms with Gasteiger partial charge in [0.2, 0.25) is 5.91 Å². The van der Waals surface area contributed by atoms with Crippen molar-refractivity contribution in [1.29, 1.82) is 0 Å². The summed E-state index contributed by atoms with van der Waals surface area (Å²) in [4.78, 5) is 11.5. The smallest absolute Gasteiger partial charge is 0.240 e. The highest BCUT2D eigenvalue weighted by atomic mass is 127. The number of amides is 1. The topological polar surface area (TPSA) is 61.7 Å². The minimum atomic E-state index is -0.0860. The summed E-state index contributed by atoms with van der Waals surface area (Å²) in [6.07, 6.45) is 6.25. The quantitative estimate of drug-likeness (QED) is 0.257. The summed E-state index contributed by atoms with van der Waals surface area (Å²) in [5.41, 5.74) is 3.09. The third-order valence-corrected chi connectivity index (χ3v) is 4.15. The van der Waals surface area contributed by atoms with E-state index < -0.39 is 0 Å². The molecule has 1 rings (SSSR count). The first-order valence-electron chi connectivity index (χ1n) is 6.54. The van der Waals surface area contributed by atoms with Gasteiger partial charge in [0, 0.05) is 15.6 Å². The van der Waals surface area contributed by atoms with Crippen LogP contribution in [-0.4, -0.2) is 17.2 Å². The molecule has 0 bridgehead atoms. The van der Waals surface area contributed by atoms with E-state index >= 15 is 0 Å². The zero-order valence-electron chi connectivity index (χ0n) is 11.3. The van der Waals surface area contributed by atoms with Crippen LogP contribution >= 0.6 is 45.2 Å². The van der Waals surface area contributed by atoms with Gasteiger partial charge in [0.1, 0.15) is 5.75 Å². The van der Waals surface area contributed by atoms with Crippen molar-refractivity contribution < 1.29 is 9.90 Å². The van der Waals surface area contributed by atoms with Crippen molar-refractivity contribution >= 4 is 57.3 Å². The van der Waals surface area contributed by atoms with Crippen molar-refractivity contribution in [3.8, 4) is 5.75 Å². The molecule has 0 unspecified atom stereocenters. The predicted octanol–water partition coefficient (Wildman–Crippen LogP) is 4.02. The number of nitrogens with zero attached hydrogens (tertiary/aromatic N) is 1. The average Bonchev–Trinajstić information content (AvgIpc) is 2.40. The van der Waals surface area contributed by atoms with Gasteiger partial charge in [-0.3, -0.25) is 4.79 Å². The number of phenols is 1. The minimum absolute atomic E-state index is 0.0860. The lowest BCUT2D eigenvalue weighted by atomic mass is 10.1. The van der Waals surface area contributed by atoms with Crippen LogP contribution < -0.4 is 5.43 Å². The van der Waals surface area contributed by atoms with Gasteiger partial charge in [-0.15, -0.1) is 0 Å². The van der Waals surface area contributed by atoms with E-state index in [4.69, 9.17) is 0 Å². The Hall–Kier alpha value is -0.380. The summed E-state index contributed by atoms with van der Waals surface area (Å²) in [6.45, 7) is 2.14. The van der Waals surface area contributed by atoms with Gasteiger partial charge >= 0.3 is 0 Å². The Morgan fingerprint density at radius 2 is 2.10 bits per heavy atom. The fourth-order valence-electron chi connectivity index (χ4n) is 1.63. The summed E-state index contributed by atoms with van der Waals surface area (Å²) < 4.78 is 1.78. The Bertz CT molecular complexity index is 490. The maximum Gasteiger partial charge on any atom is 0.240 e. The maximum atomic E-state index is 11.5. The number of benzene rings is 1. The average molecular weight is 500 g/mol. The number of unbranched alkanes of at least 4 members (excludes halogenated alkanes) is 3. The van der Waals surface area contributed by atoms with E-state index in [1.54, 1.807) is 0 Å². The summed E-state index contributed by atoms with van der Waals surface area (Å²) in [5, 5.41) is 13.8. The van der Waals surface area contributed by atoms with Crippen LogP contribution in [0.25, 0.3) is 0 Å². The highest BCUT2D eigenvalue weighted by Gasteiger charge is 2.05. The lowest BCUT2D eigenvalue weighted by Crippen LogP contribution is -2.16. The van der Waals surface area contributed by atoms with Crippen LogP contribution in [0.1, 0.15) is 44.6 Å². The Morgan fingerprint density at radius 1 is 1.35 bits per heavy atom. The number of hydrogen-bond acceptors (Lipinski definition) is 3. The number of aromatic hydroxyl groups is 1. The highest BCUT2D eigenvalue weighted by Crippen LogP contribution is 2.25. The van der Waals surface area contributed by atoms with Crippen LogP contribution in [0.2, 0.25) is 0 Å².